The van der Waals surface area contributed by atoms with E-state index in [2.05, 4.69) is 20.7 Å². The van der Waals surface area contributed by atoms with Crippen LogP contribution >= 0.6 is 0 Å². The first-order valence-corrected chi connectivity index (χ1v) is 10.7. The Kier molecular flexibility index (Phi) is 9.44. The van der Waals surface area contributed by atoms with Gasteiger partial charge in [-0.3, -0.25) is 23.9 Å². The van der Waals surface area contributed by atoms with Crippen LogP contribution in [0, 0.1) is 11.8 Å². The second-order valence-corrected chi connectivity index (χ2v) is 8.47. The zero-order chi connectivity index (χ0) is 23.9. The third-order valence-corrected chi connectivity index (χ3v) is 5.33. The largest absolute Gasteiger partial charge is 0.522 e. The Morgan fingerprint density at radius 3 is 2.44 bits per heavy atom. The van der Waals surface area contributed by atoms with E-state index >= 15 is 0 Å². The van der Waals surface area contributed by atoms with Crippen molar-refractivity contribution in [1.82, 2.24) is 16.0 Å². The van der Waals surface area contributed by atoms with Crippen LogP contribution in [0.4, 0.5) is 13.2 Å². The van der Waals surface area contributed by atoms with Gasteiger partial charge in [-0.15, -0.1) is 13.2 Å². The van der Waals surface area contributed by atoms with E-state index in [0.29, 0.717) is 26.0 Å². The zero-order valence-corrected chi connectivity index (χ0v) is 18.1. The summed E-state index contributed by atoms with van der Waals surface area (Å²) in [7, 11) is 0. The number of halogens is 3. The van der Waals surface area contributed by atoms with Gasteiger partial charge in [0.05, 0.1) is 6.04 Å². The second kappa shape index (κ2) is 11.6. The maximum atomic E-state index is 12.9. The average molecular weight is 465 g/mol. The summed E-state index contributed by atoms with van der Waals surface area (Å²) in [4.78, 5) is 49.6. The van der Waals surface area contributed by atoms with Gasteiger partial charge in [0.15, 0.2) is 5.78 Å². The molecule has 0 aromatic carbocycles. The summed E-state index contributed by atoms with van der Waals surface area (Å²) >= 11 is 0. The van der Waals surface area contributed by atoms with Gasteiger partial charge in [0.1, 0.15) is 18.8 Å². The van der Waals surface area contributed by atoms with Crippen molar-refractivity contribution in [2.75, 3.05) is 19.8 Å². The standard InChI is InChI=1S/C20H30F3N3O6/c1-11(2)8-14(26-19(30)16-4-3-7-31-16)18(29)25-13(9-12-5-6-24-17(12)28)15(27)10-32-20(21,22)23/h11-14,16H,3-10H2,1-2H3,(H,24,28)(H,25,29)(H,26,30)/t12-,13?,14?,16+/m0/s1. The Balaban J connectivity index is 2.09. The van der Waals surface area contributed by atoms with Gasteiger partial charge in [0, 0.05) is 19.1 Å². The molecular formula is C20H30F3N3O6. The summed E-state index contributed by atoms with van der Waals surface area (Å²) < 4.78 is 46.1. The van der Waals surface area contributed by atoms with Crippen LogP contribution in [-0.4, -0.2) is 67.8 Å². The summed E-state index contributed by atoms with van der Waals surface area (Å²) in [5.74, 6) is -3.14. The van der Waals surface area contributed by atoms with Gasteiger partial charge in [-0.2, -0.15) is 0 Å². The van der Waals surface area contributed by atoms with Crippen LogP contribution < -0.4 is 16.0 Å². The molecule has 182 valence electrons. The Labute approximate surface area is 184 Å². The summed E-state index contributed by atoms with van der Waals surface area (Å²) in [6.45, 7) is 3.20. The molecule has 0 radical (unpaired) electrons. The number of carbonyl (C=O) groups is 4. The van der Waals surface area contributed by atoms with Crippen molar-refractivity contribution in [3.8, 4) is 0 Å². The molecule has 32 heavy (non-hydrogen) atoms. The zero-order valence-electron chi connectivity index (χ0n) is 18.1. The minimum Gasteiger partial charge on any atom is -0.368 e. The van der Waals surface area contributed by atoms with Crippen LogP contribution in [0.5, 0.6) is 0 Å². The lowest BCUT2D eigenvalue weighted by Gasteiger charge is -2.26. The van der Waals surface area contributed by atoms with Gasteiger partial charge in [0.2, 0.25) is 17.7 Å². The van der Waals surface area contributed by atoms with Crippen LogP contribution in [0.25, 0.3) is 0 Å². The second-order valence-electron chi connectivity index (χ2n) is 8.47. The predicted octanol–water partition coefficient (Wildman–Crippen LogP) is 0.813. The SMILES string of the molecule is CC(C)CC(NC(=O)[C@H]1CCCO1)C(=O)NC(C[C@@H]1CCNC1=O)C(=O)COC(F)(F)F. The molecule has 3 N–H and O–H groups in total. The molecule has 3 amide bonds. The molecule has 2 aliphatic rings. The van der Waals surface area contributed by atoms with E-state index in [1.807, 2.05) is 13.8 Å². The van der Waals surface area contributed by atoms with Crippen LogP contribution in [0.3, 0.4) is 0 Å². The normalized spacial score (nSPS) is 23.0. The van der Waals surface area contributed by atoms with E-state index in [9.17, 15) is 32.3 Å². The molecule has 9 nitrogen and oxygen atoms in total. The van der Waals surface area contributed by atoms with Gasteiger partial charge in [-0.25, -0.2) is 0 Å². The van der Waals surface area contributed by atoms with Crippen LogP contribution in [0.1, 0.15) is 46.0 Å². The number of rotatable bonds is 11. The number of alkyl halides is 3. The van der Waals surface area contributed by atoms with Gasteiger partial charge >= 0.3 is 6.36 Å². The van der Waals surface area contributed by atoms with Crippen molar-refractivity contribution in [2.45, 2.75) is 70.5 Å². The first-order chi connectivity index (χ1) is 15.0. The summed E-state index contributed by atoms with van der Waals surface area (Å²) in [5.41, 5.74) is 0. The third kappa shape index (κ3) is 8.38. The highest BCUT2D eigenvalue weighted by Gasteiger charge is 2.36. The molecule has 2 saturated heterocycles. The number of nitrogens with one attached hydrogen (secondary N) is 3. The van der Waals surface area contributed by atoms with Crippen molar-refractivity contribution in [3.05, 3.63) is 0 Å². The lowest BCUT2D eigenvalue weighted by molar-refractivity contribution is -0.321. The molecule has 0 saturated carbocycles. The van der Waals surface area contributed by atoms with Crippen LogP contribution in [-0.2, 0) is 28.7 Å². The minimum atomic E-state index is -5.01. The molecule has 2 rings (SSSR count). The van der Waals surface area contributed by atoms with Gasteiger partial charge < -0.3 is 20.7 Å². The number of amides is 3. The number of hydrogen-bond acceptors (Lipinski definition) is 6. The molecule has 0 bridgehead atoms. The number of ether oxygens (including phenoxy) is 2. The Hall–Kier alpha value is -2.21. The van der Waals surface area contributed by atoms with Crippen molar-refractivity contribution in [2.24, 2.45) is 11.8 Å². The van der Waals surface area contributed by atoms with Gasteiger partial charge in [-0.05, 0) is 38.0 Å². The van der Waals surface area contributed by atoms with Crippen LogP contribution in [0.15, 0.2) is 0 Å². The maximum Gasteiger partial charge on any atom is 0.522 e. The maximum absolute atomic E-state index is 12.9. The summed E-state index contributed by atoms with van der Waals surface area (Å²) in [6.07, 6.45) is -3.96. The molecule has 2 unspecified atom stereocenters. The van der Waals surface area contributed by atoms with Crippen molar-refractivity contribution in [3.63, 3.8) is 0 Å². The van der Waals surface area contributed by atoms with Gasteiger partial charge in [0.25, 0.3) is 0 Å². The molecule has 2 fully saturated rings. The minimum absolute atomic E-state index is 0.00105. The van der Waals surface area contributed by atoms with Crippen molar-refractivity contribution in [1.29, 1.82) is 0 Å². The fourth-order valence-electron chi connectivity index (χ4n) is 3.70. The third-order valence-electron chi connectivity index (χ3n) is 5.33. The molecule has 0 aromatic heterocycles. The molecular weight excluding hydrogens is 435 g/mol. The smallest absolute Gasteiger partial charge is 0.368 e. The van der Waals surface area contributed by atoms with E-state index in [0.717, 1.165) is 6.42 Å². The number of Topliss-reactive ketones (excluding diaryl/α,β-unsaturated/α-hetero) is 1. The highest BCUT2D eigenvalue weighted by Crippen LogP contribution is 2.20. The Morgan fingerprint density at radius 2 is 1.91 bits per heavy atom. The summed E-state index contributed by atoms with van der Waals surface area (Å²) in [5, 5.41) is 7.63. The monoisotopic (exact) mass is 465 g/mol. The van der Waals surface area contributed by atoms with E-state index in [4.69, 9.17) is 4.74 Å². The molecule has 2 aliphatic heterocycles. The fraction of sp³-hybridized carbons (Fsp3) is 0.800. The van der Waals surface area contributed by atoms with Crippen molar-refractivity contribution < 1.29 is 41.8 Å². The topological polar surface area (TPSA) is 123 Å². The first-order valence-electron chi connectivity index (χ1n) is 10.7. The van der Waals surface area contributed by atoms with Crippen LogP contribution in [0.2, 0.25) is 0 Å². The summed E-state index contributed by atoms with van der Waals surface area (Å²) in [6, 6.07) is -2.38. The molecule has 12 heteroatoms. The quantitative estimate of drug-likeness (QED) is 0.415. The van der Waals surface area contributed by atoms with Crippen molar-refractivity contribution >= 4 is 23.5 Å². The van der Waals surface area contributed by atoms with E-state index in [1.54, 1.807) is 0 Å². The van der Waals surface area contributed by atoms with E-state index < -0.39 is 54.7 Å². The molecule has 0 aliphatic carbocycles. The lowest BCUT2D eigenvalue weighted by Crippen LogP contribution is -2.54. The van der Waals surface area contributed by atoms with E-state index in [-0.39, 0.29) is 24.7 Å². The number of hydrogen-bond donors (Lipinski definition) is 3. The van der Waals surface area contributed by atoms with Gasteiger partial charge in [-0.1, -0.05) is 13.8 Å². The Morgan fingerprint density at radius 1 is 1.19 bits per heavy atom. The highest BCUT2D eigenvalue weighted by molar-refractivity contribution is 5.94. The molecule has 4 atom stereocenters. The Bertz CT molecular complexity index is 695. The first kappa shape index (κ1) is 26.0. The number of carbonyl (C=O) groups excluding carboxylic acids is 4. The van der Waals surface area contributed by atoms with E-state index in [1.165, 1.54) is 0 Å². The fourth-order valence-corrected chi connectivity index (χ4v) is 3.70. The highest BCUT2D eigenvalue weighted by atomic mass is 19.4. The molecule has 2 heterocycles. The number of ketones is 1. The molecule has 0 spiro atoms. The predicted molar refractivity (Wildman–Crippen MR) is 105 cm³/mol. The average Bonchev–Trinajstić information content (AvgIpc) is 3.36. The lowest BCUT2D eigenvalue weighted by atomic mass is 9.95. The molecule has 0 aromatic rings.